The fourth-order valence-corrected chi connectivity index (χ4v) is 4.12. The number of aromatic nitrogens is 3. The average molecular weight is 481 g/mol. The van der Waals surface area contributed by atoms with Gasteiger partial charge in [0.05, 0.1) is 37.6 Å². The predicted molar refractivity (Wildman–Crippen MR) is 116 cm³/mol. The van der Waals surface area contributed by atoms with Crippen LogP contribution >= 0.6 is 0 Å². The number of morpholine rings is 1. The van der Waals surface area contributed by atoms with Crippen molar-refractivity contribution in [3.05, 3.63) is 48.3 Å². The highest BCUT2D eigenvalue weighted by Gasteiger charge is 2.38. The summed E-state index contributed by atoms with van der Waals surface area (Å²) in [6.45, 7) is 6.48. The van der Waals surface area contributed by atoms with Gasteiger partial charge in [-0.2, -0.15) is 18.3 Å². The maximum atomic E-state index is 10.6. The van der Waals surface area contributed by atoms with Crippen LogP contribution in [0.3, 0.4) is 0 Å². The number of pyridine rings is 1. The molecule has 12 heteroatoms. The number of hydrogen-bond acceptors (Lipinski definition) is 7. The van der Waals surface area contributed by atoms with Crippen LogP contribution in [0.25, 0.3) is 5.65 Å². The Morgan fingerprint density at radius 3 is 2.62 bits per heavy atom. The van der Waals surface area contributed by atoms with Gasteiger partial charge in [-0.05, 0) is 37.6 Å². The summed E-state index contributed by atoms with van der Waals surface area (Å²) in [4.78, 5) is 18.5. The summed E-state index contributed by atoms with van der Waals surface area (Å²) in [5, 5.41) is 12.0. The maximum absolute atomic E-state index is 10.6. The number of furan rings is 1. The van der Waals surface area contributed by atoms with Crippen molar-refractivity contribution in [1.29, 1.82) is 0 Å². The van der Waals surface area contributed by atoms with Crippen LogP contribution in [0.2, 0.25) is 0 Å². The Kier molecular flexibility index (Phi) is 7.37. The molecule has 0 saturated carbocycles. The van der Waals surface area contributed by atoms with Gasteiger partial charge in [0, 0.05) is 37.7 Å². The third kappa shape index (κ3) is 6.06. The molecule has 5 heterocycles. The molecule has 3 aromatic rings. The van der Waals surface area contributed by atoms with Gasteiger partial charge in [0.1, 0.15) is 0 Å². The van der Waals surface area contributed by atoms with Crippen molar-refractivity contribution in [2.75, 3.05) is 44.3 Å². The Morgan fingerprint density at radius 2 is 1.94 bits per heavy atom. The van der Waals surface area contributed by atoms with E-state index in [4.69, 9.17) is 29.1 Å². The fourth-order valence-electron chi connectivity index (χ4n) is 4.12. The van der Waals surface area contributed by atoms with E-state index in [1.165, 1.54) is 17.7 Å². The van der Waals surface area contributed by atoms with Gasteiger partial charge >= 0.3 is 12.1 Å². The second-order valence-corrected chi connectivity index (χ2v) is 8.27. The number of piperidine rings is 1. The number of carboxylic acids is 1. The number of anilines is 1. The van der Waals surface area contributed by atoms with Gasteiger partial charge in [-0.3, -0.25) is 4.90 Å². The molecule has 2 saturated heterocycles. The molecule has 9 nitrogen and oxygen atoms in total. The maximum Gasteiger partial charge on any atom is 0.490 e. The van der Waals surface area contributed by atoms with Crippen LogP contribution in [0.5, 0.6) is 0 Å². The van der Waals surface area contributed by atoms with E-state index in [9.17, 15) is 13.2 Å². The smallest absolute Gasteiger partial charge is 0.475 e. The second kappa shape index (κ2) is 10.4. The fraction of sp³-hybridized carbons (Fsp3) is 0.500. The molecular formula is C22H26F3N5O4. The molecule has 3 aromatic heterocycles. The number of ether oxygens (including phenoxy) is 1. The quantitative estimate of drug-likeness (QED) is 0.607. The molecular weight excluding hydrogens is 455 g/mol. The molecule has 1 unspecified atom stereocenters. The van der Waals surface area contributed by atoms with Gasteiger partial charge in [-0.25, -0.2) is 14.3 Å². The molecule has 0 bridgehead atoms. The van der Waals surface area contributed by atoms with E-state index in [0.717, 1.165) is 63.8 Å². The lowest BCUT2D eigenvalue weighted by molar-refractivity contribution is -0.192. The third-order valence-electron chi connectivity index (χ3n) is 5.81. The minimum atomic E-state index is -5.08. The largest absolute Gasteiger partial charge is 0.490 e. The van der Waals surface area contributed by atoms with E-state index >= 15 is 0 Å². The zero-order valence-corrected chi connectivity index (χ0v) is 18.4. The summed E-state index contributed by atoms with van der Waals surface area (Å²) < 4.78 is 44.3. The highest BCUT2D eigenvalue weighted by Crippen LogP contribution is 2.27. The molecule has 0 aromatic carbocycles. The molecule has 2 aliphatic heterocycles. The number of carboxylic acid groups (broad SMARTS) is 1. The number of fused-ring (bicyclic) bond motifs is 1. The molecule has 1 atom stereocenters. The molecule has 0 radical (unpaired) electrons. The summed E-state index contributed by atoms with van der Waals surface area (Å²) in [5.41, 5.74) is 3.34. The Bertz CT molecular complexity index is 1080. The minimum absolute atomic E-state index is 0.386. The standard InChI is InChI=1S/C20H25N5O2.C2HF3O2/c1-2-17(13-23(6-1)12-16-5-9-27-15-16)20-21-19-4-3-18(14-25(19)22-20)24-7-10-26-11-8-24;3-2(4,5)1(6)7/h3-5,9,14-15,17H,1-2,6-8,10-13H2;(H,6,7). The van der Waals surface area contributed by atoms with Crippen molar-refractivity contribution in [2.45, 2.75) is 31.5 Å². The lowest BCUT2D eigenvalue weighted by Gasteiger charge is -2.30. The number of likely N-dealkylation sites (tertiary alicyclic amines) is 1. The third-order valence-corrected chi connectivity index (χ3v) is 5.81. The van der Waals surface area contributed by atoms with Gasteiger partial charge in [-0.15, -0.1) is 0 Å². The number of rotatable bonds is 4. The van der Waals surface area contributed by atoms with E-state index in [0.29, 0.717) is 5.92 Å². The first kappa shape index (κ1) is 24.0. The van der Waals surface area contributed by atoms with Crippen LogP contribution in [-0.2, 0) is 16.1 Å². The molecule has 0 aliphatic carbocycles. The highest BCUT2D eigenvalue weighted by molar-refractivity contribution is 5.73. The zero-order valence-electron chi connectivity index (χ0n) is 18.4. The summed E-state index contributed by atoms with van der Waals surface area (Å²) in [5.74, 6) is -1.41. The molecule has 0 spiro atoms. The van der Waals surface area contributed by atoms with Crippen molar-refractivity contribution in [3.8, 4) is 0 Å². The van der Waals surface area contributed by atoms with Gasteiger partial charge in [0.25, 0.3) is 0 Å². The van der Waals surface area contributed by atoms with E-state index in [1.807, 2.05) is 16.8 Å². The van der Waals surface area contributed by atoms with Gasteiger partial charge < -0.3 is 19.2 Å². The van der Waals surface area contributed by atoms with E-state index < -0.39 is 12.1 Å². The second-order valence-electron chi connectivity index (χ2n) is 8.27. The Labute approximate surface area is 193 Å². The molecule has 2 fully saturated rings. The van der Waals surface area contributed by atoms with Crippen LogP contribution in [0, 0.1) is 0 Å². The number of carbonyl (C=O) groups is 1. The number of hydrogen-bond donors (Lipinski definition) is 1. The van der Waals surface area contributed by atoms with Crippen molar-refractivity contribution >= 4 is 17.3 Å². The van der Waals surface area contributed by atoms with Crippen molar-refractivity contribution in [3.63, 3.8) is 0 Å². The van der Waals surface area contributed by atoms with E-state index in [-0.39, 0.29) is 0 Å². The van der Waals surface area contributed by atoms with Crippen LogP contribution in [-0.4, -0.2) is 76.1 Å². The predicted octanol–water partition coefficient (Wildman–Crippen LogP) is 3.17. The molecule has 5 rings (SSSR count). The first-order chi connectivity index (χ1) is 16.3. The summed E-state index contributed by atoms with van der Waals surface area (Å²) in [6.07, 6.45) is 2.92. The Morgan fingerprint density at radius 1 is 1.18 bits per heavy atom. The average Bonchev–Trinajstić information content (AvgIpc) is 3.49. The Hall–Kier alpha value is -3.12. The number of halogens is 3. The lowest BCUT2D eigenvalue weighted by Crippen LogP contribution is -2.36. The topological polar surface area (TPSA) is 96.3 Å². The minimum Gasteiger partial charge on any atom is -0.475 e. The monoisotopic (exact) mass is 481 g/mol. The van der Waals surface area contributed by atoms with E-state index in [2.05, 4.69) is 28.1 Å². The van der Waals surface area contributed by atoms with Crippen LogP contribution in [0.15, 0.2) is 41.3 Å². The van der Waals surface area contributed by atoms with Crippen LogP contribution in [0.1, 0.15) is 30.1 Å². The summed E-state index contributed by atoms with van der Waals surface area (Å²) in [6, 6.07) is 6.26. The summed E-state index contributed by atoms with van der Waals surface area (Å²) in [7, 11) is 0. The van der Waals surface area contributed by atoms with E-state index in [1.54, 1.807) is 6.26 Å². The molecule has 1 N–H and O–H groups in total. The van der Waals surface area contributed by atoms with Crippen LogP contribution in [0.4, 0.5) is 18.9 Å². The summed E-state index contributed by atoms with van der Waals surface area (Å²) >= 11 is 0. The van der Waals surface area contributed by atoms with Crippen LogP contribution < -0.4 is 4.90 Å². The molecule has 184 valence electrons. The van der Waals surface area contributed by atoms with Gasteiger partial charge in [-0.1, -0.05) is 0 Å². The number of aliphatic carboxylic acids is 1. The van der Waals surface area contributed by atoms with Crippen molar-refractivity contribution in [2.24, 2.45) is 0 Å². The molecule has 2 aliphatic rings. The molecule has 0 amide bonds. The first-order valence-corrected chi connectivity index (χ1v) is 11.0. The number of alkyl halides is 3. The normalized spacial score (nSPS) is 19.6. The SMILES string of the molecule is O=C(O)C(F)(F)F.c1cc(CN2CCCC(c3nc4ccc(N5CCOCC5)cn4n3)C2)co1. The van der Waals surface area contributed by atoms with Crippen molar-refractivity contribution < 1.29 is 32.2 Å². The van der Waals surface area contributed by atoms with Crippen molar-refractivity contribution in [1.82, 2.24) is 19.5 Å². The molecule has 34 heavy (non-hydrogen) atoms. The highest BCUT2D eigenvalue weighted by atomic mass is 19.4. The number of nitrogens with zero attached hydrogens (tertiary/aromatic N) is 5. The van der Waals surface area contributed by atoms with Gasteiger partial charge in [0.15, 0.2) is 11.5 Å². The lowest BCUT2D eigenvalue weighted by atomic mass is 9.97. The first-order valence-electron chi connectivity index (χ1n) is 11.0. The van der Waals surface area contributed by atoms with Gasteiger partial charge in [0.2, 0.25) is 0 Å². The Balaban J connectivity index is 0.000000344. The zero-order chi connectivity index (χ0) is 24.1.